The van der Waals surface area contributed by atoms with Crippen LogP contribution in [-0.2, 0) is 9.53 Å². The molecule has 0 spiro atoms. The van der Waals surface area contributed by atoms with Gasteiger partial charge in [0.2, 0.25) is 0 Å². The topological polar surface area (TPSA) is 49.8 Å². The van der Waals surface area contributed by atoms with Crippen molar-refractivity contribution in [2.24, 2.45) is 0 Å². The van der Waals surface area contributed by atoms with E-state index in [0.717, 1.165) is 25.9 Å². The van der Waals surface area contributed by atoms with Crippen molar-refractivity contribution in [3.63, 3.8) is 0 Å². The van der Waals surface area contributed by atoms with Gasteiger partial charge in [0, 0.05) is 12.1 Å². The van der Waals surface area contributed by atoms with Crippen LogP contribution in [-0.4, -0.2) is 47.3 Å². The van der Waals surface area contributed by atoms with Gasteiger partial charge in [-0.25, -0.2) is 0 Å². The van der Waals surface area contributed by atoms with E-state index in [4.69, 9.17) is 9.84 Å². The Morgan fingerprint density at radius 3 is 2.75 bits per heavy atom. The molecule has 2 heterocycles. The van der Waals surface area contributed by atoms with Gasteiger partial charge in [-0.15, -0.1) is 0 Å². The van der Waals surface area contributed by atoms with Gasteiger partial charge in [-0.05, 0) is 45.7 Å². The summed E-state index contributed by atoms with van der Waals surface area (Å²) in [5.74, 6) is -0.680. The number of ether oxygens (including phenoxy) is 1. The quantitative estimate of drug-likeness (QED) is 0.793. The van der Waals surface area contributed by atoms with E-state index in [1.807, 2.05) is 6.92 Å². The zero-order valence-electron chi connectivity index (χ0n) is 9.95. The average Bonchev–Trinajstić information content (AvgIpc) is 2.69. The molecule has 2 fully saturated rings. The largest absolute Gasteiger partial charge is 0.481 e. The van der Waals surface area contributed by atoms with Crippen molar-refractivity contribution in [2.75, 3.05) is 19.7 Å². The Kier molecular flexibility index (Phi) is 3.50. The average molecular weight is 227 g/mol. The van der Waals surface area contributed by atoms with Crippen molar-refractivity contribution < 1.29 is 14.6 Å². The molecule has 0 amide bonds. The Morgan fingerprint density at radius 2 is 2.19 bits per heavy atom. The van der Waals surface area contributed by atoms with Crippen LogP contribution in [0.3, 0.4) is 0 Å². The fraction of sp³-hybridized carbons (Fsp3) is 0.917. The maximum atomic E-state index is 11.1. The molecule has 0 radical (unpaired) electrons. The number of carbonyl (C=O) groups is 1. The van der Waals surface area contributed by atoms with Crippen LogP contribution in [0.5, 0.6) is 0 Å². The Hall–Kier alpha value is -0.610. The third-order valence-corrected chi connectivity index (χ3v) is 3.89. The summed E-state index contributed by atoms with van der Waals surface area (Å²) in [5, 5.41) is 9.11. The molecule has 2 unspecified atom stereocenters. The normalized spacial score (nSPS) is 36.4. The first kappa shape index (κ1) is 11.9. The Balaban J connectivity index is 2.13. The minimum Gasteiger partial charge on any atom is -0.481 e. The van der Waals surface area contributed by atoms with Crippen LogP contribution in [0, 0.1) is 0 Å². The molecule has 4 nitrogen and oxygen atoms in total. The Bertz CT molecular complexity index is 263. The van der Waals surface area contributed by atoms with Gasteiger partial charge in [-0.3, -0.25) is 9.69 Å². The molecule has 0 bridgehead atoms. The van der Waals surface area contributed by atoms with E-state index in [0.29, 0.717) is 6.61 Å². The number of hydrogen-bond donors (Lipinski definition) is 1. The highest BCUT2D eigenvalue weighted by Crippen LogP contribution is 2.36. The Labute approximate surface area is 96.6 Å². The van der Waals surface area contributed by atoms with Gasteiger partial charge in [-0.1, -0.05) is 0 Å². The number of likely N-dealkylation sites (tertiary alicyclic amines) is 1. The van der Waals surface area contributed by atoms with E-state index in [1.165, 1.54) is 12.8 Å². The summed E-state index contributed by atoms with van der Waals surface area (Å²) in [4.78, 5) is 13.5. The van der Waals surface area contributed by atoms with Gasteiger partial charge in [0.05, 0.1) is 12.5 Å². The molecular weight excluding hydrogens is 206 g/mol. The summed E-state index contributed by atoms with van der Waals surface area (Å²) in [6.07, 6.45) is 4.59. The Morgan fingerprint density at radius 1 is 1.50 bits per heavy atom. The minimum absolute atomic E-state index is 0.139. The van der Waals surface area contributed by atoms with E-state index in [1.54, 1.807) is 0 Å². The first-order valence-corrected chi connectivity index (χ1v) is 6.21. The highest BCUT2D eigenvalue weighted by molar-refractivity contribution is 5.68. The molecule has 2 aliphatic heterocycles. The van der Waals surface area contributed by atoms with Gasteiger partial charge in [0.1, 0.15) is 0 Å². The molecule has 16 heavy (non-hydrogen) atoms. The third kappa shape index (κ3) is 2.38. The highest BCUT2D eigenvalue weighted by Gasteiger charge is 2.43. The van der Waals surface area contributed by atoms with Crippen LogP contribution in [0.4, 0.5) is 0 Å². The summed E-state index contributed by atoms with van der Waals surface area (Å²) in [6, 6.07) is 0. The van der Waals surface area contributed by atoms with Crippen LogP contribution in [0.1, 0.15) is 39.0 Å². The molecule has 0 aromatic carbocycles. The number of hydrogen-bond acceptors (Lipinski definition) is 3. The molecule has 4 heteroatoms. The van der Waals surface area contributed by atoms with E-state index in [-0.39, 0.29) is 18.1 Å². The fourth-order valence-electron chi connectivity index (χ4n) is 3.18. The summed E-state index contributed by atoms with van der Waals surface area (Å²) in [5.41, 5.74) is -0.139. The van der Waals surface area contributed by atoms with Crippen molar-refractivity contribution in [1.82, 2.24) is 4.90 Å². The predicted octanol–water partition coefficient (Wildman–Crippen LogP) is 1.49. The molecule has 1 N–H and O–H groups in total. The lowest BCUT2D eigenvalue weighted by Gasteiger charge is -2.45. The van der Waals surface area contributed by atoms with Crippen LogP contribution in [0.2, 0.25) is 0 Å². The number of rotatable bonds is 3. The molecule has 0 saturated carbocycles. The molecule has 2 atom stereocenters. The molecular formula is C12H21NO3. The van der Waals surface area contributed by atoms with Crippen molar-refractivity contribution >= 4 is 5.97 Å². The van der Waals surface area contributed by atoms with Crippen LogP contribution in [0.25, 0.3) is 0 Å². The van der Waals surface area contributed by atoms with E-state index >= 15 is 0 Å². The lowest BCUT2D eigenvalue weighted by atomic mass is 9.82. The zero-order valence-corrected chi connectivity index (χ0v) is 9.95. The molecule has 0 aromatic heterocycles. The lowest BCUT2D eigenvalue weighted by molar-refractivity contribution is -0.144. The molecule has 0 aromatic rings. The number of nitrogens with zero attached hydrogens (tertiary/aromatic N) is 1. The van der Waals surface area contributed by atoms with Crippen LogP contribution >= 0.6 is 0 Å². The molecule has 2 aliphatic rings. The molecule has 2 saturated heterocycles. The van der Waals surface area contributed by atoms with E-state index < -0.39 is 5.97 Å². The first-order valence-electron chi connectivity index (χ1n) is 6.21. The molecule has 0 aliphatic carbocycles. The van der Waals surface area contributed by atoms with Crippen molar-refractivity contribution in [1.29, 1.82) is 0 Å². The summed E-state index contributed by atoms with van der Waals surface area (Å²) in [7, 11) is 0. The number of aliphatic carboxylic acids is 1. The highest BCUT2D eigenvalue weighted by atomic mass is 16.5. The van der Waals surface area contributed by atoms with Gasteiger partial charge in [0.25, 0.3) is 0 Å². The number of carboxylic acids is 1. The SMILES string of the molecule is CC1CC(CC(=O)O)(N2CCCC2)CCO1. The second-order valence-electron chi connectivity index (χ2n) is 5.12. The summed E-state index contributed by atoms with van der Waals surface area (Å²) >= 11 is 0. The van der Waals surface area contributed by atoms with Crippen LogP contribution in [0.15, 0.2) is 0 Å². The predicted molar refractivity (Wildman–Crippen MR) is 60.4 cm³/mol. The lowest BCUT2D eigenvalue weighted by Crippen LogP contribution is -2.53. The fourth-order valence-corrected chi connectivity index (χ4v) is 3.18. The van der Waals surface area contributed by atoms with E-state index in [2.05, 4.69) is 4.90 Å². The zero-order chi connectivity index (χ0) is 11.6. The maximum Gasteiger partial charge on any atom is 0.305 e. The van der Waals surface area contributed by atoms with E-state index in [9.17, 15) is 4.79 Å². The minimum atomic E-state index is -0.680. The van der Waals surface area contributed by atoms with Crippen molar-refractivity contribution in [3.05, 3.63) is 0 Å². The second-order valence-corrected chi connectivity index (χ2v) is 5.12. The summed E-state index contributed by atoms with van der Waals surface area (Å²) in [6.45, 7) is 4.86. The number of carboxylic acid groups (broad SMARTS) is 1. The standard InChI is InChI=1S/C12H21NO3/c1-10-8-12(4-7-16-10,9-11(14)15)13-5-2-3-6-13/h10H,2-9H2,1H3,(H,14,15). The summed E-state index contributed by atoms with van der Waals surface area (Å²) < 4.78 is 5.55. The monoisotopic (exact) mass is 227 g/mol. The maximum absolute atomic E-state index is 11.1. The first-order chi connectivity index (χ1) is 7.62. The molecule has 92 valence electrons. The third-order valence-electron chi connectivity index (χ3n) is 3.89. The van der Waals surface area contributed by atoms with Crippen LogP contribution < -0.4 is 0 Å². The molecule has 2 rings (SSSR count). The van der Waals surface area contributed by atoms with Crippen molar-refractivity contribution in [3.8, 4) is 0 Å². The van der Waals surface area contributed by atoms with Crippen molar-refractivity contribution in [2.45, 2.75) is 50.7 Å². The smallest absolute Gasteiger partial charge is 0.305 e. The van der Waals surface area contributed by atoms with Gasteiger partial charge in [0.15, 0.2) is 0 Å². The van der Waals surface area contributed by atoms with Gasteiger partial charge < -0.3 is 9.84 Å². The van der Waals surface area contributed by atoms with Gasteiger partial charge >= 0.3 is 5.97 Å². The van der Waals surface area contributed by atoms with Gasteiger partial charge in [-0.2, -0.15) is 0 Å². The second kappa shape index (κ2) is 4.72.